The molecule has 1 unspecified atom stereocenters. The number of fused-ring (bicyclic) bond motifs is 12. The van der Waals surface area contributed by atoms with Crippen LogP contribution in [-0.4, -0.2) is 0 Å². The van der Waals surface area contributed by atoms with E-state index in [0.717, 1.165) is 24.2 Å². The molecule has 2 aliphatic rings. The zero-order chi connectivity index (χ0) is 28.3. The van der Waals surface area contributed by atoms with Crippen molar-refractivity contribution in [1.82, 2.24) is 0 Å². The third-order valence-electron chi connectivity index (χ3n) is 9.39. The van der Waals surface area contributed by atoms with Crippen molar-refractivity contribution in [3.8, 4) is 22.3 Å². The highest BCUT2D eigenvalue weighted by molar-refractivity contribution is 6.06. The number of hydrogen-bond acceptors (Lipinski definition) is 1. The zero-order valence-corrected chi connectivity index (χ0v) is 24.9. The predicted octanol–water partition coefficient (Wildman–Crippen LogP) is 11.3. The normalized spacial score (nSPS) is 17.0. The number of furan rings is 1. The molecule has 0 N–H and O–H groups in total. The van der Waals surface area contributed by atoms with Crippen LogP contribution in [0.25, 0.3) is 44.9 Å². The first-order valence-corrected chi connectivity index (χ1v) is 15.3. The third kappa shape index (κ3) is 3.54. The maximum atomic E-state index is 6.76. The van der Waals surface area contributed by atoms with E-state index >= 15 is 0 Å². The van der Waals surface area contributed by atoms with Crippen molar-refractivity contribution < 1.29 is 4.42 Å². The van der Waals surface area contributed by atoms with E-state index in [1.165, 1.54) is 85.0 Å². The molecule has 5 aromatic rings. The molecule has 1 nitrogen and oxygen atoms in total. The Morgan fingerprint density at radius 1 is 0.829 bits per heavy atom. The highest BCUT2D eigenvalue weighted by Crippen LogP contribution is 2.64. The second kappa shape index (κ2) is 9.77. The summed E-state index contributed by atoms with van der Waals surface area (Å²) in [7, 11) is 0. The Bertz CT molecular complexity index is 1890. The van der Waals surface area contributed by atoms with Crippen molar-refractivity contribution in [2.24, 2.45) is 0 Å². The second-order valence-corrected chi connectivity index (χ2v) is 11.8. The van der Waals surface area contributed by atoms with Crippen molar-refractivity contribution in [1.29, 1.82) is 0 Å². The van der Waals surface area contributed by atoms with Crippen LogP contribution < -0.4 is 0 Å². The lowest BCUT2D eigenvalue weighted by atomic mass is 9.70. The number of unbranched alkanes of at least 4 members (excludes halogenated alkanes) is 2. The quantitative estimate of drug-likeness (QED) is 0.193. The van der Waals surface area contributed by atoms with Crippen LogP contribution in [0.4, 0.5) is 0 Å². The summed E-state index contributed by atoms with van der Waals surface area (Å²) in [6, 6.07) is 28.0. The van der Waals surface area contributed by atoms with Gasteiger partial charge in [-0.1, -0.05) is 117 Å². The Hall–Kier alpha value is -4.10. The standard InChI is InChI=1S/C40H38O/c1-6-9-10-14-26(5)27-18-20-29-28-19-17-25(4)23-35(28)40(36(29)24-27)33-16-12-11-15-32(33)38-34(40)22-21-31-30(13-7-2)37(8-3)41-39(31)38/h7,11-24H,6,8-10H2,1-5H3/b13-7-,26-14+. The van der Waals surface area contributed by atoms with Gasteiger partial charge in [-0.05, 0) is 83.3 Å². The Morgan fingerprint density at radius 2 is 1.61 bits per heavy atom. The van der Waals surface area contributed by atoms with Crippen LogP contribution in [0.5, 0.6) is 0 Å². The molecule has 7 rings (SSSR count). The molecular formula is C40H38O. The minimum atomic E-state index is -0.379. The first-order valence-electron chi connectivity index (χ1n) is 15.3. The van der Waals surface area contributed by atoms with E-state index in [-0.39, 0.29) is 5.41 Å². The van der Waals surface area contributed by atoms with E-state index in [1.807, 2.05) is 0 Å². The van der Waals surface area contributed by atoms with Gasteiger partial charge in [0.15, 0.2) is 0 Å². The minimum Gasteiger partial charge on any atom is -0.460 e. The van der Waals surface area contributed by atoms with Crippen LogP contribution in [0.15, 0.2) is 89.4 Å². The Morgan fingerprint density at radius 3 is 2.39 bits per heavy atom. The molecule has 1 aromatic heterocycles. The number of hydrogen-bond donors (Lipinski definition) is 0. The van der Waals surface area contributed by atoms with Crippen LogP contribution in [0.2, 0.25) is 0 Å². The maximum Gasteiger partial charge on any atom is 0.143 e. The van der Waals surface area contributed by atoms with E-state index in [0.29, 0.717) is 0 Å². The van der Waals surface area contributed by atoms with Gasteiger partial charge in [0.05, 0.1) is 5.41 Å². The second-order valence-electron chi connectivity index (χ2n) is 11.8. The van der Waals surface area contributed by atoms with Gasteiger partial charge in [-0.3, -0.25) is 0 Å². The SMILES string of the molecule is C/C=C\c1c(CC)oc2c3c(ccc12)C1(c2cc(C)ccc2-c2ccc(/C(C)=C/CCCC)cc21)c1ccccc1-3. The average molecular weight is 535 g/mol. The highest BCUT2D eigenvalue weighted by Gasteiger charge is 2.52. The van der Waals surface area contributed by atoms with E-state index in [4.69, 9.17) is 4.42 Å². The van der Waals surface area contributed by atoms with Gasteiger partial charge < -0.3 is 4.42 Å². The van der Waals surface area contributed by atoms with Gasteiger partial charge in [-0.25, -0.2) is 0 Å². The van der Waals surface area contributed by atoms with Gasteiger partial charge in [0.2, 0.25) is 0 Å². The molecule has 2 aliphatic carbocycles. The van der Waals surface area contributed by atoms with Crippen molar-refractivity contribution >= 4 is 22.6 Å². The number of aryl methyl sites for hydroxylation is 2. The van der Waals surface area contributed by atoms with Crippen LogP contribution in [0.3, 0.4) is 0 Å². The molecule has 1 heteroatoms. The van der Waals surface area contributed by atoms with Crippen molar-refractivity contribution in [2.75, 3.05) is 0 Å². The van der Waals surface area contributed by atoms with Crippen LogP contribution in [0, 0.1) is 6.92 Å². The van der Waals surface area contributed by atoms with Crippen molar-refractivity contribution in [3.05, 3.63) is 130 Å². The predicted molar refractivity (Wildman–Crippen MR) is 175 cm³/mol. The summed E-state index contributed by atoms with van der Waals surface area (Å²) in [5.74, 6) is 1.06. The minimum absolute atomic E-state index is 0.379. The Kier molecular flexibility index (Phi) is 6.16. The molecule has 0 amide bonds. The van der Waals surface area contributed by atoms with Crippen LogP contribution in [-0.2, 0) is 11.8 Å². The number of allylic oxidation sites excluding steroid dienone is 3. The zero-order valence-electron chi connectivity index (χ0n) is 24.9. The summed E-state index contributed by atoms with van der Waals surface area (Å²) in [5.41, 5.74) is 16.5. The lowest BCUT2D eigenvalue weighted by molar-refractivity contribution is 0.556. The molecule has 4 aromatic carbocycles. The monoisotopic (exact) mass is 534 g/mol. The molecule has 0 saturated carbocycles. The lowest BCUT2D eigenvalue weighted by Crippen LogP contribution is -2.26. The Labute approximate surface area is 244 Å². The van der Waals surface area contributed by atoms with E-state index in [9.17, 15) is 0 Å². The first kappa shape index (κ1) is 25.8. The molecule has 0 radical (unpaired) electrons. The molecule has 1 spiro atoms. The Balaban J connectivity index is 1.59. The highest BCUT2D eigenvalue weighted by atomic mass is 16.3. The van der Waals surface area contributed by atoms with Crippen LogP contribution in [0.1, 0.15) is 91.7 Å². The fourth-order valence-corrected chi connectivity index (χ4v) is 7.50. The van der Waals surface area contributed by atoms with Gasteiger partial charge >= 0.3 is 0 Å². The number of benzene rings is 4. The summed E-state index contributed by atoms with van der Waals surface area (Å²) >= 11 is 0. The van der Waals surface area contributed by atoms with Gasteiger partial charge in [0.25, 0.3) is 0 Å². The van der Waals surface area contributed by atoms with Crippen LogP contribution >= 0.6 is 0 Å². The van der Waals surface area contributed by atoms with Gasteiger partial charge in [0, 0.05) is 22.9 Å². The number of rotatable bonds is 6. The topological polar surface area (TPSA) is 13.1 Å². The molecule has 1 heterocycles. The third-order valence-corrected chi connectivity index (χ3v) is 9.39. The fourth-order valence-electron chi connectivity index (χ4n) is 7.50. The molecule has 1 atom stereocenters. The maximum absolute atomic E-state index is 6.76. The molecule has 0 aliphatic heterocycles. The van der Waals surface area contributed by atoms with Gasteiger partial charge in [-0.2, -0.15) is 0 Å². The summed E-state index contributed by atoms with van der Waals surface area (Å²) in [4.78, 5) is 0. The van der Waals surface area contributed by atoms with Gasteiger partial charge in [-0.15, -0.1) is 0 Å². The van der Waals surface area contributed by atoms with E-state index < -0.39 is 0 Å². The summed E-state index contributed by atoms with van der Waals surface area (Å²) in [6.45, 7) is 11.0. The summed E-state index contributed by atoms with van der Waals surface area (Å²) in [6.07, 6.45) is 11.2. The molecular weight excluding hydrogens is 496 g/mol. The lowest BCUT2D eigenvalue weighted by Gasteiger charge is -2.31. The smallest absolute Gasteiger partial charge is 0.143 e. The molecule has 41 heavy (non-hydrogen) atoms. The molecule has 0 bridgehead atoms. The summed E-state index contributed by atoms with van der Waals surface area (Å²) < 4.78 is 6.76. The first-order chi connectivity index (χ1) is 20.0. The summed E-state index contributed by atoms with van der Waals surface area (Å²) in [5, 5.41) is 1.21. The molecule has 0 saturated heterocycles. The van der Waals surface area contributed by atoms with Crippen molar-refractivity contribution in [3.63, 3.8) is 0 Å². The van der Waals surface area contributed by atoms with Crippen molar-refractivity contribution in [2.45, 2.75) is 65.7 Å². The van der Waals surface area contributed by atoms with Gasteiger partial charge in [0.1, 0.15) is 11.3 Å². The molecule has 0 fully saturated rings. The van der Waals surface area contributed by atoms with E-state index in [2.05, 4.69) is 126 Å². The largest absolute Gasteiger partial charge is 0.460 e. The average Bonchev–Trinajstić information content (AvgIpc) is 3.60. The molecule has 204 valence electrons. The fraction of sp³-hybridized carbons (Fsp3) is 0.250. The van der Waals surface area contributed by atoms with E-state index in [1.54, 1.807) is 0 Å².